The maximum atomic E-state index is 8.96. The Hall–Kier alpha value is -2.70. The van der Waals surface area contributed by atoms with E-state index in [4.69, 9.17) is 16.7 Å². The normalized spacial score (nSPS) is 10.6. The third-order valence-electron chi connectivity index (χ3n) is 3.73. The summed E-state index contributed by atoms with van der Waals surface area (Å²) >= 11 is 6.09. The van der Waals surface area contributed by atoms with Crippen molar-refractivity contribution < 1.29 is 5.11 Å². The standard InChI is InChI=1S/C19H20ClN5O/c1-13-10-15(5-6-16(13)20)23-18-11-17(14-4-2-7-21-12-14)24-19(25-18)22-8-3-9-26/h2,4-7,10-12,26H,3,8-9H2,1H3,(H2,22,23,24,25). The molecule has 3 aromatic rings. The van der Waals surface area contributed by atoms with Gasteiger partial charge < -0.3 is 15.7 Å². The maximum Gasteiger partial charge on any atom is 0.225 e. The first-order valence-corrected chi connectivity index (χ1v) is 8.71. The average molecular weight is 370 g/mol. The van der Waals surface area contributed by atoms with Gasteiger partial charge in [-0.2, -0.15) is 4.98 Å². The van der Waals surface area contributed by atoms with Gasteiger partial charge >= 0.3 is 0 Å². The number of nitrogens with one attached hydrogen (secondary N) is 2. The molecule has 0 amide bonds. The molecule has 0 aliphatic carbocycles. The summed E-state index contributed by atoms with van der Waals surface area (Å²) in [6.45, 7) is 2.66. The van der Waals surface area contributed by atoms with E-state index in [1.165, 1.54) is 0 Å². The summed E-state index contributed by atoms with van der Waals surface area (Å²) in [4.78, 5) is 13.2. The Labute approximate surface area is 157 Å². The fraction of sp³-hybridized carbons (Fsp3) is 0.211. The van der Waals surface area contributed by atoms with Crippen LogP contribution in [-0.2, 0) is 0 Å². The van der Waals surface area contributed by atoms with Gasteiger partial charge in [0.1, 0.15) is 5.82 Å². The molecule has 3 rings (SSSR count). The fourth-order valence-corrected chi connectivity index (χ4v) is 2.52. The van der Waals surface area contributed by atoms with Crippen molar-refractivity contribution in [2.45, 2.75) is 13.3 Å². The van der Waals surface area contributed by atoms with Crippen LogP contribution in [0, 0.1) is 6.92 Å². The van der Waals surface area contributed by atoms with Crippen molar-refractivity contribution in [2.24, 2.45) is 0 Å². The van der Waals surface area contributed by atoms with Gasteiger partial charge in [0.15, 0.2) is 0 Å². The number of aromatic nitrogens is 3. The molecule has 0 aliphatic rings. The molecule has 2 heterocycles. The largest absolute Gasteiger partial charge is 0.396 e. The maximum absolute atomic E-state index is 8.96. The summed E-state index contributed by atoms with van der Waals surface area (Å²) in [6.07, 6.45) is 4.11. The lowest BCUT2D eigenvalue weighted by molar-refractivity contribution is 0.292. The predicted octanol–water partition coefficient (Wildman–Crippen LogP) is 4.04. The van der Waals surface area contributed by atoms with E-state index >= 15 is 0 Å². The molecular weight excluding hydrogens is 350 g/mol. The van der Waals surface area contributed by atoms with E-state index in [1.54, 1.807) is 12.4 Å². The minimum absolute atomic E-state index is 0.116. The van der Waals surface area contributed by atoms with Crippen LogP contribution in [0.5, 0.6) is 0 Å². The molecule has 7 heteroatoms. The molecular formula is C19H20ClN5O. The molecule has 0 aliphatic heterocycles. The lowest BCUT2D eigenvalue weighted by atomic mass is 10.2. The number of aliphatic hydroxyl groups excluding tert-OH is 1. The Balaban J connectivity index is 1.91. The highest BCUT2D eigenvalue weighted by atomic mass is 35.5. The number of rotatable bonds is 7. The number of pyridine rings is 1. The van der Waals surface area contributed by atoms with Gasteiger partial charge in [-0.15, -0.1) is 0 Å². The van der Waals surface area contributed by atoms with Crippen LogP contribution in [0.25, 0.3) is 11.3 Å². The van der Waals surface area contributed by atoms with Gasteiger partial charge in [-0.1, -0.05) is 11.6 Å². The van der Waals surface area contributed by atoms with E-state index in [0.29, 0.717) is 24.7 Å². The molecule has 0 spiro atoms. The summed E-state index contributed by atoms with van der Waals surface area (Å²) in [7, 11) is 0. The molecule has 26 heavy (non-hydrogen) atoms. The molecule has 0 saturated carbocycles. The smallest absolute Gasteiger partial charge is 0.225 e. The van der Waals surface area contributed by atoms with E-state index in [-0.39, 0.29) is 6.61 Å². The Bertz CT molecular complexity index is 873. The number of benzene rings is 1. The number of halogens is 1. The molecule has 3 N–H and O–H groups in total. The SMILES string of the molecule is Cc1cc(Nc2cc(-c3cccnc3)nc(NCCCO)n2)ccc1Cl. The van der Waals surface area contributed by atoms with Crippen molar-refractivity contribution in [3.8, 4) is 11.3 Å². The second-order valence-corrected chi connectivity index (χ2v) is 6.20. The molecule has 2 aromatic heterocycles. The first kappa shape index (κ1) is 18.1. The van der Waals surface area contributed by atoms with Gasteiger partial charge in [-0.25, -0.2) is 4.98 Å². The molecule has 0 unspecified atom stereocenters. The van der Waals surface area contributed by atoms with E-state index in [2.05, 4.69) is 25.6 Å². The number of aryl methyl sites for hydroxylation is 1. The molecule has 0 saturated heterocycles. The number of aliphatic hydroxyl groups is 1. The van der Waals surface area contributed by atoms with Gasteiger partial charge in [0.05, 0.1) is 5.69 Å². The van der Waals surface area contributed by atoms with Crippen LogP contribution < -0.4 is 10.6 Å². The molecule has 6 nitrogen and oxygen atoms in total. The van der Waals surface area contributed by atoms with Crippen LogP contribution in [0.1, 0.15) is 12.0 Å². The van der Waals surface area contributed by atoms with Gasteiger partial charge in [0.25, 0.3) is 0 Å². The van der Waals surface area contributed by atoms with Crippen LogP contribution in [0.3, 0.4) is 0 Å². The van der Waals surface area contributed by atoms with E-state index in [0.717, 1.165) is 27.5 Å². The summed E-state index contributed by atoms with van der Waals surface area (Å²) in [5, 5.41) is 16.1. The highest BCUT2D eigenvalue weighted by Gasteiger charge is 2.08. The Morgan fingerprint density at radius 3 is 2.77 bits per heavy atom. The molecule has 0 radical (unpaired) electrons. The van der Waals surface area contributed by atoms with E-state index in [1.807, 2.05) is 43.3 Å². The zero-order valence-corrected chi connectivity index (χ0v) is 15.2. The first-order chi connectivity index (χ1) is 12.7. The second kappa shape index (κ2) is 8.60. The fourth-order valence-electron chi connectivity index (χ4n) is 2.40. The van der Waals surface area contributed by atoms with E-state index in [9.17, 15) is 0 Å². The lowest BCUT2D eigenvalue weighted by Gasteiger charge is -2.12. The van der Waals surface area contributed by atoms with Crippen LogP contribution in [-0.4, -0.2) is 33.2 Å². The topological polar surface area (TPSA) is 83.0 Å². The van der Waals surface area contributed by atoms with Gasteiger partial charge in [0, 0.05) is 47.9 Å². The van der Waals surface area contributed by atoms with Crippen molar-refractivity contribution in [3.63, 3.8) is 0 Å². The second-order valence-electron chi connectivity index (χ2n) is 5.80. The summed E-state index contributed by atoms with van der Waals surface area (Å²) in [5.74, 6) is 1.15. The third kappa shape index (κ3) is 4.68. The Morgan fingerprint density at radius 2 is 2.04 bits per heavy atom. The van der Waals surface area contributed by atoms with Crippen molar-refractivity contribution in [3.05, 3.63) is 59.4 Å². The predicted molar refractivity (Wildman–Crippen MR) is 105 cm³/mol. The van der Waals surface area contributed by atoms with Crippen molar-refractivity contribution in [1.82, 2.24) is 15.0 Å². The first-order valence-electron chi connectivity index (χ1n) is 8.33. The number of anilines is 3. The highest BCUT2D eigenvalue weighted by Crippen LogP contribution is 2.25. The zero-order chi connectivity index (χ0) is 18.4. The Morgan fingerprint density at radius 1 is 1.15 bits per heavy atom. The zero-order valence-electron chi connectivity index (χ0n) is 14.4. The average Bonchev–Trinajstić information content (AvgIpc) is 2.66. The van der Waals surface area contributed by atoms with Gasteiger partial charge in [-0.05, 0) is 49.2 Å². The molecule has 134 valence electrons. The highest BCUT2D eigenvalue weighted by molar-refractivity contribution is 6.31. The molecule has 0 fully saturated rings. The lowest BCUT2D eigenvalue weighted by Crippen LogP contribution is -2.08. The van der Waals surface area contributed by atoms with Gasteiger partial charge in [0.2, 0.25) is 5.95 Å². The van der Waals surface area contributed by atoms with Crippen LogP contribution in [0.4, 0.5) is 17.5 Å². The van der Waals surface area contributed by atoms with Crippen LogP contribution in [0.2, 0.25) is 5.02 Å². The van der Waals surface area contributed by atoms with Crippen molar-refractivity contribution >= 4 is 29.1 Å². The van der Waals surface area contributed by atoms with Crippen LogP contribution in [0.15, 0.2) is 48.8 Å². The summed E-state index contributed by atoms with van der Waals surface area (Å²) in [6, 6.07) is 11.4. The molecule has 0 atom stereocenters. The summed E-state index contributed by atoms with van der Waals surface area (Å²) < 4.78 is 0. The third-order valence-corrected chi connectivity index (χ3v) is 4.16. The number of nitrogens with zero attached hydrogens (tertiary/aromatic N) is 3. The molecule has 1 aromatic carbocycles. The minimum atomic E-state index is 0.116. The van der Waals surface area contributed by atoms with Crippen molar-refractivity contribution in [1.29, 1.82) is 0 Å². The minimum Gasteiger partial charge on any atom is -0.396 e. The number of hydrogen-bond donors (Lipinski definition) is 3. The van der Waals surface area contributed by atoms with Crippen molar-refractivity contribution in [2.75, 3.05) is 23.8 Å². The number of hydrogen-bond acceptors (Lipinski definition) is 6. The summed E-state index contributed by atoms with van der Waals surface area (Å²) in [5.41, 5.74) is 3.53. The monoisotopic (exact) mass is 369 g/mol. The quantitative estimate of drug-likeness (QED) is 0.545. The molecule has 0 bridgehead atoms. The van der Waals surface area contributed by atoms with Crippen LogP contribution >= 0.6 is 11.6 Å². The van der Waals surface area contributed by atoms with E-state index < -0.39 is 0 Å². The Kier molecular flexibility index (Phi) is 5.99. The van der Waals surface area contributed by atoms with Gasteiger partial charge in [-0.3, -0.25) is 4.98 Å².